The van der Waals surface area contributed by atoms with Crippen molar-refractivity contribution in [2.75, 3.05) is 18.5 Å². The first kappa shape index (κ1) is 15.0. The van der Waals surface area contributed by atoms with E-state index in [9.17, 15) is 4.79 Å². The van der Waals surface area contributed by atoms with E-state index in [0.717, 1.165) is 31.5 Å². The summed E-state index contributed by atoms with van der Waals surface area (Å²) in [4.78, 5) is 14.6. The van der Waals surface area contributed by atoms with Crippen molar-refractivity contribution in [1.82, 2.24) is 4.90 Å². The van der Waals surface area contributed by atoms with Gasteiger partial charge in [-0.25, -0.2) is 0 Å². The standard InChI is InChI=1S/C16H24N2O2/c1-13(16(20)17-14-7-3-2-4-8-14)18(11-6-12-19)15-9-5-10-15/h2-4,7-8,13,15,19H,5-6,9-12H2,1H3,(H,17,20). The van der Waals surface area contributed by atoms with Crippen LogP contribution in [0.2, 0.25) is 0 Å². The van der Waals surface area contributed by atoms with Crippen molar-refractivity contribution in [1.29, 1.82) is 0 Å². The van der Waals surface area contributed by atoms with Gasteiger partial charge in [0.2, 0.25) is 5.91 Å². The molecule has 0 heterocycles. The van der Waals surface area contributed by atoms with Crippen molar-refractivity contribution >= 4 is 11.6 Å². The molecule has 1 amide bonds. The molecule has 1 aromatic rings. The second-order valence-electron chi connectivity index (χ2n) is 5.43. The van der Waals surface area contributed by atoms with Crippen LogP contribution in [0.4, 0.5) is 5.69 Å². The third kappa shape index (κ3) is 3.81. The van der Waals surface area contributed by atoms with Crippen LogP contribution in [0.25, 0.3) is 0 Å². The quantitative estimate of drug-likeness (QED) is 0.803. The second-order valence-corrected chi connectivity index (χ2v) is 5.43. The molecule has 20 heavy (non-hydrogen) atoms. The van der Waals surface area contributed by atoms with Crippen LogP contribution in [0.5, 0.6) is 0 Å². The fourth-order valence-electron chi connectivity index (χ4n) is 2.58. The van der Waals surface area contributed by atoms with E-state index in [2.05, 4.69) is 10.2 Å². The van der Waals surface area contributed by atoms with Crippen LogP contribution >= 0.6 is 0 Å². The van der Waals surface area contributed by atoms with Crippen LogP contribution in [0.15, 0.2) is 30.3 Å². The number of rotatable bonds is 7. The summed E-state index contributed by atoms with van der Waals surface area (Å²) < 4.78 is 0. The van der Waals surface area contributed by atoms with E-state index in [1.807, 2.05) is 37.3 Å². The lowest BCUT2D eigenvalue weighted by Gasteiger charge is -2.40. The molecular weight excluding hydrogens is 252 g/mol. The predicted molar refractivity (Wildman–Crippen MR) is 80.6 cm³/mol. The van der Waals surface area contributed by atoms with Gasteiger partial charge in [0, 0.05) is 24.9 Å². The number of anilines is 1. The Morgan fingerprint density at radius 1 is 1.40 bits per heavy atom. The number of hydrogen-bond acceptors (Lipinski definition) is 3. The summed E-state index contributed by atoms with van der Waals surface area (Å²) in [6.45, 7) is 2.91. The molecule has 1 saturated carbocycles. The predicted octanol–water partition coefficient (Wildman–Crippen LogP) is 2.25. The van der Waals surface area contributed by atoms with Gasteiger partial charge >= 0.3 is 0 Å². The molecule has 0 spiro atoms. The Kier molecular flexibility index (Phi) is 5.56. The third-order valence-corrected chi connectivity index (χ3v) is 4.04. The molecule has 0 aromatic heterocycles. The monoisotopic (exact) mass is 276 g/mol. The van der Waals surface area contributed by atoms with Gasteiger partial charge in [0.25, 0.3) is 0 Å². The topological polar surface area (TPSA) is 52.6 Å². The third-order valence-electron chi connectivity index (χ3n) is 4.04. The van der Waals surface area contributed by atoms with Gasteiger partial charge in [0.05, 0.1) is 6.04 Å². The lowest BCUT2D eigenvalue weighted by atomic mass is 9.90. The summed E-state index contributed by atoms with van der Waals surface area (Å²) in [5.74, 6) is 0.0287. The number of hydrogen-bond donors (Lipinski definition) is 2. The van der Waals surface area contributed by atoms with Gasteiger partial charge in [-0.2, -0.15) is 0 Å². The van der Waals surface area contributed by atoms with Gasteiger partial charge in [-0.1, -0.05) is 24.6 Å². The lowest BCUT2D eigenvalue weighted by molar-refractivity contribution is -0.122. The van der Waals surface area contributed by atoms with Crippen molar-refractivity contribution in [2.45, 2.75) is 44.7 Å². The molecule has 1 atom stereocenters. The van der Waals surface area contributed by atoms with Crippen molar-refractivity contribution < 1.29 is 9.90 Å². The fourth-order valence-corrected chi connectivity index (χ4v) is 2.58. The van der Waals surface area contributed by atoms with Crippen LogP contribution in [-0.2, 0) is 4.79 Å². The molecule has 0 radical (unpaired) electrons. The van der Waals surface area contributed by atoms with Gasteiger partial charge in [-0.05, 0) is 38.3 Å². The number of nitrogens with one attached hydrogen (secondary N) is 1. The molecule has 2 rings (SSSR count). The van der Waals surface area contributed by atoms with Gasteiger partial charge < -0.3 is 10.4 Å². The number of para-hydroxylation sites is 1. The minimum Gasteiger partial charge on any atom is -0.396 e. The molecule has 0 saturated heterocycles. The summed E-state index contributed by atoms with van der Waals surface area (Å²) in [5, 5.41) is 12.0. The number of amides is 1. The molecule has 1 aliphatic rings. The van der Waals surface area contributed by atoms with E-state index in [1.165, 1.54) is 6.42 Å². The highest BCUT2D eigenvalue weighted by Gasteiger charge is 2.31. The summed E-state index contributed by atoms with van der Waals surface area (Å²) in [6, 6.07) is 9.88. The first-order valence-electron chi connectivity index (χ1n) is 7.45. The summed E-state index contributed by atoms with van der Waals surface area (Å²) in [6.07, 6.45) is 4.29. The number of benzene rings is 1. The van der Waals surface area contributed by atoms with Gasteiger partial charge in [-0.15, -0.1) is 0 Å². The second kappa shape index (κ2) is 7.41. The average molecular weight is 276 g/mol. The number of carbonyl (C=O) groups is 1. The van der Waals surface area contributed by atoms with Crippen LogP contribution in [0.3, 0.4) is 0 Å². The van der Waals surface area contributed by atoms with Crippen LogP contribution in [0, 0.1) is 0 Å². The summed E-state index contributed by atoms with van der Waals surface area (Å²) in [5.41, 5.74) is 0.833. The van der Waals surface area contributed by atoms with Crippen molar-refractivity contribution in [3.63, 3.8) is 0 Å². The maximum absolute atomic E-state index is 12.3. The number of carbonyl (C=O) groups excluding carboxylic acids is 1. The minimum atomic E-state index is -0.160. The molecule has 4 heteroatoms. The minimum absolute atomic E-state index is 0.0287. The first-order valence-corrected chi connectivity index (χ1v) is 7.45. The maximum atomic E-state index is 12.3. The number of nitrogens with zero attached hydrogens (tertiary/aromatic N) is 1. The van der Waals surface area contributed by atoms with Crippen molar-refractivity contribution in [3.8, 4) is 0 Å². The van der Waals surface area contributed by atoms with E-state index in [1.54, 1.807) is 0 Å². The highest BCUT2D eigenvalue weighted by Crippen LogP contribution is 2.27. The molecule has 1 aliphatic carbocycles. The van der Waals surface area contributed by atoms with E-state index < -0.39 is 0 Å². The molecular formula is C16H24N2O2. The fraction of sp³-hybridized carbons (Fsp3) is 0.562. The number of aliphatic hydroxyl groups is 1. The Bertz CT molecular complexity index is 418. The highest BCUT2D eigenvalue weighted by molar-refractivity contribution is 5.94. The Balaban J connectivity index is 1.95. The SMILES string of the molecule is CC(C(=O)Nc1ccccc1)N(CCCO)C1CCC1. The zero-order chi connectivity index (χ0) is 14.4. The van der Waals surface area contributed by atoms with E-state index >= 15 is 0 Å². The zero-order valence-electron chi connectivity index (χ0n) is 12.1. The molecule has 1 aromatic carbocycles. The van der Waals surface area contributed by atoms with Crippen LogP contribution in [-0.4, -0.2) is 41.1 Å². The molecule has 110 valence electrons. The van der Waals surface area contributed by atoms with Crippen LogP contribution in [0.1, 0.15) is 32.6 Å². The largest absolute Gasteiger partial charge is 0.396 e. The maximum Gasteiger partial charge on any atom is 0.241 e. The zero-order valence-corrected chi connectivity index (χ0v) is 12.1. The first-order chi connectivity index (χ1) is 9.72. The molecule has 1 unspecified atom stereocenters. The lowest BCUT2D eigenvalue weighted by Crippen LogP contribution is -2.50. The molecule has 2 N–H and O–H groups in total. The number of aliphatic hydroxyl groups excluding tert-OH is 1. The molecule has 1 fully saturated rings. The van der Waals surface area contributed by atoms with E-state index in [4.69, 9.17) is 5.11 Å². The Labute approximate surface area is 120 Å². The van der Waals surface area contributed by atoms with Crippen LogP contribution < -0.4 is 5.32 Å². The summed E-state index contributed by atoms with van der Waals surface area (Å²) in [7, 11) is 0. The van der Waals surface area contributed by atoms with Gasteiger partial charge in [0.15, 0.2) is 0 Å². The molecule has 4 nitrogen and oxygen atoms in total. The normalized spacial score (nSPS) is 16.8. The van der Waals surface area contributed by atoms with Crippen molar-refractivity contribution in [2.24, 2.45) is 0 Å². The van der Waals surface area contributed by atoms with Gasteiger partial charge in [-0.3, -0.25) is 9.69 Å². The Morgan fingerprint density at radius 2 is 2.10 bits per heavy atom. The average Bonchev–Trinajstić information content (AvgIpc) is 2.41. The Morgan fingerprint density at radius 3 is 2.65 bits per heavy atom. The Hall–Kier alpha value is -1.39. The van der Waals surface area contributed by atoms with E-state index in [-0.39, 0.29) is 18.6 Å². The van der Waals surface area contributed by atoms with Gasteiger partial charge in [0.1, 0.15) is 0 Å². The molecule has 0 aliphatic heterocycles. The molecule has 0 bridgehead atoms. The highest BCUT2D eigenvalue weighted by atomic mass is 16.3. The smallest absolute Gasteiger partial charge is 0.241 e. The summed E-state index contributed by atoms with van der Waals surface area (Å²) >= 11 is 0. The van der Waals surface area contributed by atoms with E-state index in [0.29, 0.717) is 6.04 Å². The van der Waals surface area contributed by atoms with Crippen molar-refractivity contribution in [3.05, 3.63) is 30.3 Å².